The van der Waals surface area contributed by atoms with Crippen LogP contribution in [0, 0.1) is 23.5 Å². The molecule has 9 rings (SSSR count). The summed E-state index contributed by atoms with van der Waals surface area (Å²) in [6.45, 7) is 0.844. The van der Waals surface area contributed by atoms with E-state index in [1.165, 1.54) is 38.5 Å². The fourth-order valence-corrected chi connectivity index (χ4v) is 12.1. The lowest BCUT2D eigenvalue weighted by molar-refractivity contribution is -0.144. The Morgan fingerprint density at radius 2 is 0.781 bits per heavy atom. The first-order chi connectivity index (χ1) is 46.4. The van der Waals surface area contributed by atoms with Gasteiger partial charge in [-0.1, -0.05) is 91.3 Å². The molecule has 1 saturated carbocycles. The quantitative estimate of drug-likeness (QED) is 0.0154. The number of carbonyl (C=O) groups is 10. The monoisotopic (exact) mass is 1320 g/mol. The van der Waals surface area contributed by atoms with Crippen molar-refractivity contribution in [2.75, 3.05) is 40.4 Å². The van der Waals surface area contributed by atoms with Gasteiger partial charge in [0, 0.05) is 64.2 Å². The number of hydrogen-bond acceptors (Lipinski definition) is 14. The first-order valence-corrected chi connectivity index (χ1v) is 32.0. The predicted octanol–water partition coefficient (Wildman–Crippen LogP) is 8.06. The van der Waals surface area contributed by atoms with Crippen molar-refractivity contribution in [3.05, 3.63) is 212 Å². The van der Waals surface area contributed by atoms with E-state index in [9.17, 15) is 56.7 Å². The van der Waals surface area contributed by atoms with E-state index in [4.69, 9.17) is 18.9 Å². The topological polar surface area (TPSA) is 286 Å². The van der Waals surface area contributed by atoms with Gasteiger partial charge in [-0.25, -0.2) is 28.0 Å². The van der Waals surface area contributed by atoms with Crippen LogP contribution in [-0.2, 0) is 90.4 Å². The molecule has 0 unspecified atom stereocenters. The van der Waals surface area contributed by atoms with Crippen molar-refractivity contribution in [3.8, 4) is 0 Å². The molecule has 2 heterocycles. The van der Waals surface area contributed by atoms with Crippen molar-refractivity contribution in [2.45, 2.75) is 116 Å². The zero-order valence-electron chi connectivity index (χ0n) is 53.5. The number of amides is 8. The van der Waals surface area contributed by atoms with Gasteiger partial charge in [-0.3, -0.25) is 28.8 Å². The lowest BCUT2D eigenvalue weighted by Crippen LogP contribution is -2.42. The number of benzene rings is 6. The van der Waals surface area contributed by atoms with E-state index in [-0.39, 0.29) is 132 Å². The normalized spacial score (nSPS) is 15.1. The Morgan fingerprint density at radius 3 is 1.11 bits per heavy atom. The Morgan fingerprint density at radius 1 is 0.448 bits per heavy atom. The molecule has 24 heteroatoms. The minimum Gasteiger partial charge on any atom is -0.467 e. The van der Waals surface area contributed by atoms with Gasteiger partial charge in [0.25, 0.3) is 23.6 Å². The van der Waals surface area contributed by atoms with Gasteiger partial charge in [0.1, 0.15) is 36.9 Å². The molecule has 8 amide bonds. The molecule has 0 bridgehead atoms. The van der Waals surface area contributed by atoms with Crippen molar-refractivity contribution >= 4 is 59.6 Å². The van der Waals surface area contributed by atoms with Crippen LogP contribution in [-0.4, -0.2) is 122 Å². The van der Waals surface area contributed by atoms with Crippen molar-refractivity contribution in [1.29, 1.82) is 0 Å². The second-order valence-electron chi connectivity index (χ2n) is 23.9. The molecule has 0 saturated heterocycles. The van der Waals surface area contributed by atoms with Crippen LogP contribution in [0.3, 0.4) is 0 Å². The average Bonchev–Trinajstić information content (AvgIpc) is 1.57. The molecular formula is C72H78F2N8O14. The first kappa shape index (κ1) is 69.8. The van der Waals surface area contributed by atoms with Crippen molar-refractivity contribution < 1.29 is 75.7 Å². The fraction of sp³-hybridized carbons (Fsp3) is 0.361. The number of hydrogen-bond donors (Lipinski definition) is 6. The highest BCUT2D eigenvalue weighted by Crippen LogP contribution is 2.37. The van der Waals surface area contributed by atoms with Gasteiger partial charge in [0.15, 0.2) is 0 Å². The predicted molar refractivity (Wildman–Crippen MR) is 346 cm³/mol. The molecule has 3 aliphatic rings. The molecule has 2 aliphatic heterocycles. The van der Waals surface area contributed by atoms with E-state index in [2.05, 4.69) is 31.9 Å². The zero-order chi connectivity index (χ0) is 68.1. The molecule has 6 aromatic rings. The molecule has 4 atom stereocenters. The Hall–Kier alpha value is -10.5. The number of methoxy groups -OCH3 is 2. The minimum absolute atomic E-state index is 0.0258. The third-order valence-electron chi connectivity index (χ3n) is 17.2. The minimum atomic E-state index is -1.09. The molecule has 96 heavy (non-hydrogen) atoms. The highest BCUT2D eigenvalue weighted by atomic mass is 19.1. The van der Waals surface area contributed by atoms with Crippen molar-refractivity contribution in [2.24, 2.45) is 11.8 Å². The second kappa shape index (κ2) is 34.1. The Bertz CT molecular complexity index is 3540. The number of ether oxygens (including phenoxy) is 4. The van der Waals surface area contributed by atoms with E-state index in [0.717, 1.165) is 22.3 Å². The van der Waals surface area contributed by atoms with Crippen LogP contribution < -0.4 is 31.9 Å². The molecule has 504 valence electrons. The lowest BCUT2D eigenvalue weighted by atomic mass is 9.80. The van der Waals surface area contributed by atoms with Crippen LogP contribution in [0.1, 0.15) is 137 Å². The van der Waals surface area contributed by atoms with Crippen LogP contribution >= 0.6 is 0 Å². The van der Waals surface area contributed by atoms with Crippen LogP contribution in [0.25, 0.3) is 0 Å². The zero-order valence-corrected chi connectivity index (χ0v) is 53.5. The number of carbonyl (C=O) groups excluding carboxylic acids is 10. The number of nitrogens with zero attached hydrogens (tertiary/aromatic N) is 2. The third-order valence-corrected chi connectivity index (χ3v) is 17.2. The fourth-order valence-electron chi connectivity index (χ4n) is 12.1. The van der Waals surface area contributed by atoms with E-state index in [1.807, 2.05) is 12.1 Å². The summed E-state index contributed by atoms with van der Waals surface area (Å²) in [5.41, 5.74) is 5.84. The maximum atomic E-state index is 14.6. The molecular weight excluding hydrogens is 1240 g/mol. The van der Waals surface area contributed by atoms with Crippen molar-refractivity contribution in [3.63, 3.8) is 0 Å². The number of nitrogens with one attached hydrogen (secondary N) is 6. The Balaban J connectivity index is 0.831. The molecule has 6 N–H and O–H groups in total. The molecule has 0 aromatic heterocycles. The molecule has 1 aliphatic carbocycles. The Labute approximate surface area is 554 Å². The SMILES string of the molecule is COC(=O)[C@H](CCCNC(=O)c1cc2c(cc1C(=O)NCCc1ccc(F)cc1)CN(C(=O)[C@@H]1CCC[C@H](C(=O)N3Cc4cc(C(=O)NCCC[C@H](NC(=O)OCc5ccccc5)C(=O)OC)c(C(=O)NCCc5ccc(F)cc5)cc4C3)C1)C2)NC(=O)OCc1ccccc1. The van der Waals surface area contributed by atoms with Gasteiger partial charge >= 0.3 is 24.1 Å². The Kier molecular flexibility index (Phi) is 24.8. The van der Waals surface area contributed by atoms with Gasteiger partial charge < -0.3 is 60.6 Å². The summed E-state index contributed by atoms with van der Waals surface area (Å²) in [5, 5.41) is 16.5. The summed E-state index contributed by atoms with van der Waals surface area (Å²) < 4.78 is 47.7. The van der Waals surface area contributed by atoms with Gasteiger partial charge in [-0.2, -0.15) is 0 Å². The van der Waals surface area contributed by atoms with Crippen LogP contribution in [0.15, 0.2) is 133 Å². The maximum absolute atomic E-state index is 14.6. The van der Waals surface area contributed by atoms with E-state index >= 15 is 0 Å². The van der Waals surface area contributed by atoms with Crippen LogP contribution in [0.2, 0.25) is 0 Å². The average molecular weight is 1320 g/mol. The summed E-state index contributed by atoms with van der Waals surface area (Å²) in [5.74, 6) is -5.98. The highest BCUT2D eigenvalue weighted by molar-refractivity contribution is 6.08. The van der Waals surface area contributed by atoms with Crippen LogP contribution in [0.4, 0.5) is 18.4 Å². The van der Waals surface area contributed by atoms with Crippen molar-refractivity contribution in [1.82, 2.24) is 41.7 Å². The summed E-state index contributed by atoms with van der Waals surface area (Å²) in [6, 6.07) is 33.9. The number of halogens is 2. The maximum Gasteiger partial charge on any atom is 0.408 e. The van der Waals surface area contributed by atoms with Gasteiger partial charge in [0.2, 0.25) is 11.8 Å². The molecule has 6 aromatic carbocycles. The smallest absolute Gasteiger partial charge is 0.408 e. The third kappa shape index (κ3) is 19.3. The van der Waals surface area contributed by atoms with E-state index in [0.29, 0.717) is 54.4 Å². The standard InChI is InChI=1S/C72H78F2N8O14/c1-93-69(89)61(79-71(91)95-43-47-12-5-3-6-13-47)18-10-30-75-63(83)57-35-51-39-81(41-53(51)37-59(57)65(85)77-32-28-45-20-24-55(73)25-21-45)67(87)49-16-9-17-50(34-49)68(88)82-40-52-36-58(60(38-54(52)42-82)66(86)78-33-29-46-22-26-56(74)27-23-46)64(84)76-31-11-19-62(70(90)94-2)80-72(92)96-44-48-14-7-4-8-15-48/h3-8,12-15,20-27,35-38,49-50,61-62H,9-11,16-19,28-34,39-44H2,1-2H3,(H,75,83)(H,76,84)(H,77,85)(H,78,86)(H,79,91)(H,80,92)/t49-,50+,61-,62-/m0/s1. The molecule has 0 spiro atoms. The second-order valence-corrected chi connectivity index (χ2v) is 23.9. The summed E-state index contributed by atoms with van der Waals surface area (Å²) in [7, 11) is 2.37. The van der Waals surface area contributed by atoms with E-state index in [1.54, 1.807) is 107 Å². The molecule has 22 nitrogen and oxygen atoms in total. The summed E-state index contributed by atoms with van der Waals surface area (Å²) in [4.78, 5) is 140. The summed E-state index contributed by atoms with van der Waals surface area (Å²) in [6.07, 6.45) is 1.50. The number of alkyl carbamates (subject to hydrolysis) is 2. The number of fused-ring (bicyclic) bond motifs is 2. The first-order valence-electron chi connectivity index (χ1n) is 32.0. The van der Waals surface area contributed by atoms with Crippen LogP contribution in [0.5, 0.6) is 0 Å². The van der Waals surface area contributed by atoms with Gasteiger partial charge in [-0.05, 0) is 151 Å². The summed E-state index contributed by atoms with van der Waals surface area (Å²) >= 11 is 0. The number of rotatable bonds is 28. The molecule has 0 radical (unpaired) electrons. The van der Waals surface area contributed by atoms with Gasteiger partial charge in [0.05, 0.1) is 36.5 Å². The van der Waals surface area contributed by atoms with E-state index < -0.39 is 83.3 Å². The molecule has 1 fully saturated rings. The highest BCUT2D eigenvalue weighted by Gasteiger charge is 2.39. The lowest BCUT2D eigenvalue weighted by Gasteiger charge is -2.32. The largest absolute Gasteiger partial charge is 0.467 e. The number of esters is 2. The van der Waals surface area contributed by atoms with Gasteiger partial charge in [-0.15, -0.1) is 0 Å².